The third-order valence-corrected chi connectivity index (χ3v) is 5.76. The number of ether oxygens (including phenoxy) is 1. The predicted octanol–water partition coefficient (Wildman–Crippen LogP) is 4.91. The molecule has 3 aromatic carbocycles. The van der Waals surface area contributed by atoms with Gasteiger partial charge in [0.2, 0.25) is 5.95 Å². The second-order valence-electron chi connectivity index (χ2n) is 6.80. The highest BCUT2D eigenvalue weighted by atomic mass is 32.2. The van der Waals surface area contributed by atoms with E-state index in [4.69, 9.17) is 4.74 Å². The molecule has 0 saturated carbocycles. The van der Waals surface area contributed by atoms with Crippen LogP contribution in [0, 0.1) is 11.3 Å². The van der Waals surface area contributed by atoms with Crippen LogP contribution >= 0.6 is 11.8 Å². The van der Waals surface area contributed by atoms with Crippen molar-refractivity contribution in [3.63, 3.8) is 0 Å². The Labute approximate surface area is 194 Å². The van der Waals surface area contributed by atoms with E-state index in [1.807, 2.05) is 72.8 Å². The average Bonchev–Trinajstić information content (AvgIpc) is 2.86. The monoisotopic (exact) mass is 453 g/mol. The Morgan fingerprint density at radius 2 is 1.79 bits per heavy atom. The highest BCUT2D eigenvalue weighted by Gasteiger charge is 2.13. The molecule has 0 aliphatic heterocycles. The fourth-order valence-electron chi connectivity index (χ4n) is 3.05. The molecule has 0 atom stereocenters. The molecule has 2 N–H and O–H groups in total. The first kappa shape index (κ1) is 21.9. The number of methoxy groups -OCH3 is 1. The Morgan fingerprint density at radius 3 is 2.52 bits per heavy atom. The van der Waals surface area contributed by atoms with E-state index in [9.17, 15) is 10.1 Å². The lowest BCUT2D eigenvalue weighted by Crippen LogP contribution is -2.16. The zero-order valence-electron chi connectivity index (χ0n) is 17.6. The molecular weight excluding hydrogens is 434 g/mol. The molecule has 0 amide bonds. The number of rotatable bonds is 7. The van der Waals surface area contributed by atoms with Gasteiger partial charge >= 0.3 is 0 Å². The quantitative estimate of drug-likeness (QED) is 0.304. The van der Waals surface area contributed by atoms with E-state index in [0.29, 0.717) is 11.3 Å². The molecule has 0 saturated heterocycles. The highest BCUT2D eigenvalue weighted by Crippen LogP contribution is 2.31. The summed E-state index contributed by atoms with van der Waals surface area (Å²) in [6.07, 6.45) is 1.66. The first-order valence-electron chi connectivity index (χ1n) is 9.98. The molecule has 1 heterocycles. The van der Waals surface area contributed by atoms with Crippen molar-refractivity contribution in [2.45, 2.75) is 9.79 Å². The number of nitrogens with zero attached hydrogens (tertiary/aromatic N) is 3. The maximum Gasteiger partial charge on any atom is 0.270 e. The second kappa shape index (κ2) is 10.3. The molecule has 0 aliphatic rings. The smallest absolute Gasteiger partial charge is 0.270 e. The van der Waals surface area contributed by atoms with Gasteiger partial charge in [-0.15, -0.1) is 0 Å². The number of aromatic nitrogens is 2. The number of hydrogen-bond acceptors (Lipinski definition) is 7. The zero-order chi connectivity index (χ0) is 23.0. The number of aromatic amines is 1. The van der Waals surface area contributed by atoms with Gasteiger partial charge in [-0.25, -0.2) is 10.4 Å². The Morgan fingerprint density at radius 1 is 1.06 bits per heavy atom. The molecule has 4 aromatic rings. The van der Waals surface area contributed by atoms with Gasteiger partial charge in [0.1, 0.15) is 17.4 Å². The molecule has 0 unspecified atom stereocenters. The Balaban J connectivity index is 1.56. The van der Waals surface area contributed by atoms with Gasteiger partial charge in [0.05, 0.1) is 19.0 Å². The zero-order valence-corrected chi connectivity index (χ0v) is 18.5. The first-order valence-corrected chi connectivity index (χ1v) is 10.8. The van der Waals surface area contributed by atoms with Crippen LogP contribution in [-0.2, 0) is 0 Å². The maximum absolute atomic E-state index is 12.4. The summed E-state index contributed by atoms with van der Waals surface area (Å²) in [6, 6.07) is 26.7. The van der Waals surface area contributed by atoms with E-state index < -0.39 is 5.56 Å². The van der Waals surface area contributed by atoms with Gasteiger partial charge in [0.25, 0.3) is 5.56 Å². The van der Waals surface area contributed by atoms with Gasteiger partial charge in [0, 0.05) is 20.9 Å². The van der Waals surface area contributed by atoms with E-state index >= 15 is 0 Å². The number of hydrazone groups is 1. The summed E-state index contributed by atoms with van der Waals surface area (Å²) in [6.45, 7) is 0. The predicted molar refractivity (Wildman–Crippen MR) is 130 cm³/mol. The lowest BCUT2D eigenvalue weighted by molar-refractivity contribution is 0.414. The molecule has 162 valence electrons. The number of nitriles is 1. The van der Waals surface area contributed by atoms with Crippen LogP contribution in [0.15, 0.2) is 98.5 Å². The fourth-order valence-corrected chi connectivity index (χ4v) is 3.96. The van der Waals surface area contributed by atoms with Gasteiger partial charge in [-0.2, -0.15) is 10.4 Å². The van der Waals surface area contributed by atoms with Crippen LogP contribution < -0.4 is 15.7 Å². The summed E-state index contributed by atoms with van der Waals surface area (Å²) >= 11 is 1.60. The van der Waals surface area contributed by atoms with Crippen molar-refractivity contribution >= 4 is 23.9 Å². The summed E-state index contributed by atoms with van der Waals surface area (Å²) in [4.78, 5) is 21.4. The van der Waals surface area contributed by atoms with Crippen LogP contribution in [-0.4, -0.2) is 23.3 Å². The van der Waals surface area contributed by atoms with E-state index in [0.717, 1.165) is 21.1 Å². The third kappa shape index (κ3) is 5.29. The molecule has 33 heavy (non-hydrogen) atoms. The van der Waals surface area contributed by atoms with Gasteiger partial charge in [0.15, 0.2) is 0 Å². The van der Waals surface area contributed by atoms with Crippen LogP contribution in [0.2, 0.25) is 0 Å². The Bertz CT molecular complexity index is 1380. The lowest BCUT2D eigenvalue weighted by atomic mass is 10.1. The van der Waals surface area contributed by atoms with Crippen LogP contribution in [0.5, 0.6) is 5.75 Å². The van der Waals surface area contributed by atoms with Crippen LogP contribution in [0.1, 0.15) is 11.1 Å². The molecule has 7 nitrogen and oxygen atoms in total. The van der Waals surface area contributed by atoms with Gasteiger partial charge in [-0.3, -0.25) is 9.78 Å². The van der Waals surface area contributed by atoms with Crippen molar-refractivity contribution in [1.29, 1.82) is 5.26 Å². The summed E-state index contributed by atoms with van der Waals surface area (Å²) in [5.74, 6) is 0.951. The van der Waals surface area contributed by atoms with Crippen molar-refractivity contribution in [2.75, 3.05) is 12.5 Å². The summed E-state index contributed by atoms with van der Waals surface area (Å²) in [5.41, 5.74) is 4.07. The van der Waals surface area contributed by atoms with Crippen molar-refractivity contribution in [2.24, 2.45) is 5.10 Å². The Hall–Kier alpha value is -4.35. The van der Waals surface area contributed by atoms with E-state index in [1.165, 1.54) is 0 Å². The molecular formula is C25H19N5O2S. The normalized spacial score (nSPS) is 10.7. The lowest BCUT2D eigenvalue weighted by Gasteiger charge is -2.07. The number of hydrogen-bond donors (Lipinski definition) is 2. The minimum absolute atomic E-state index is 0.0445. The number of anilines is 1. The van der Waals surface area contributed by atoms with Gasteiger partial charge in [-0.1, -0.05) is 60.3 Å². The molecule has 4 rings (SSSR count). The van der Waals surface area contributed by atoms with Gasteiger partial charge < -0.3 is 4.74 Å². The topological polar surface area (TPSA) is 103 Å². The highest BCUT2D eigenvalue weighted by molar-refractivity contribution is 7.99. The van der Waals surface area contributed by atoms with Gasteiger partial charge in [-0.05, 0) is 30.3 Å². The number of benzene rings is 3. The second-order valence-corrected chi connectivity index (χ2v) is 7.92. The van der Waals surface area contributed by atoms with E-state index in [1.54, 1.807) is 37.2 Å². The minimum atomic E-state index is -0.528. The minimum Gasteiger partial charge on any atom is -0.497 e. The largest absolute Gasteiger partial charge is 0.497 e. The summed E-state index contributed by atoms with van der Waals surface area (Å²) in [7, 11) is 1.64. The molecule has 1 aromatic heterocycles. The molecule has 8 heteroatoms. The third-order valence-electron chi connectivity index (χ3n) is 4.66. The number of H-pyrrole nitrogens is 1. The molecule has 0 radical (unpaired) electrons. The molecule has 0 fully saturated rings. The average molecular weight is 454 g/mol. The number of nitrogens with one attached hydrogen (secondary N) is 2. The van der Waals surface area contributed by atoms with E-state index in [2.05, 4.69) is 20.5 Å². The standard InChI is InChI=1S/C25H19N5O2S/c1-32-19-11-13-20(14-12-19)33-22-10-6-5-9-18(22)16-27-30-25-28-23(17-7-3-2-4-8-17)21(15-26)24(31)29-25/h2-14,16H,1H3,(H2,28,29,30,31). The summed E-state index contributed by atoms with van der Waals surface area (Å²) in [5, 5.41) is 13.6. The Kier molecular flexibility index (Phi) is 6.83. The summed E-state index contributed by atoms with van der Waals surface area (Å²) < 4.78 is 5.21. The first-order chi connectivity index (χ1) is 16.2. The van der Waals surface area contributed by atoms with E-state index in [-0.39, 0.29) is 11.5 Å². The van der Waals surface area contributed by atoms with Crippen LogP contribution in [0.3, 0.4) is 0 Å². The van der Waals surface area contributed by atoms with Crippen molar-refractivity contribution in [3.05, 3.63) is 100 Å². The van der Waals surface area contributed by atoms with Crippen LogP contribution in [0.25, 0.3) is 11.3 Å². The van der Waals surface area contributed by atoms with Crippen molar-refractivity contribution < 1.29 is 4.74 Å². The molecule has 0 spiro atoms. The maximum atomic E-state index is 12.4. The molecule has 0 bridgehead atoms. The van der Waals surface area contributed by atoms with Crippen LogP contribution in [0.4, 0.5) is 5.95 Å². The SMILES string of the molecule is COc1ccc(Sc2ccccc2C=NNc2nc(-c3ccccc3)c(C#N)c(=O)[nH]2)cc1. The van der Waals surface area contributed by atoms with Crippen molar-refractivity contribution in [1.82, 2.24) is 9.97 Å². The van der Waals surface area contributed by atoms with Crippen molar-refractivity contribution in [3.8, 4) is 23.1 Å². The fraction of sp³-hybridized carbons (Fsp3) is 0.0400. The molecule has 0 aliphatic carbocycles.